The van der Waals surface area contributed by atoms with E-state index in [1.54, 1.807) is 30.9 Å². The Labute approximate surface area is 173 Å². The molecule has 29 heavy (non-hydrogen) atoms. The van der Waals surface area contributed by atoms with Gasteiger partial charge in [0.2, 0.25) is 0 Å². The minimum absolute atomic E-state index is 0.131. The van der Waals surface area contributed by atoms with Crippen LogP contribution in [-0.4, -0.2) is 46.1 Å². The van der Waals surface area contributed by atoms with Crippen molar-refractivity contribution >= 4 is 38.8 Å². The van der Waals surface area contributed by atoms with E-state index in [2.05, 4.69) is 19.6 Å². The van der Waals surface area contributed by atoms with E-state index in [1.165, 1.54) is 0 Å². The monoisotopic (exact) mass is 439 g/mol. The molecule has 1 N–H and O–H groups in total. The largest absolute Gasteiger partial charge is 0.422 e. The van der Waals surface area contributed by atoms with E-state index in [0.717, 1.165) is 10.9 Å². The summed E-state index contributed by atoms with van der Waals surface area (Å²) in [5, 5.41) is 8.18. The molecule has 0 spiro atoms. The van der Waals surface area contributed by atoms with Gasteiger partial charge < -0.3 is 9.50 Å². The highest BCUT2D eigenvalue weighted by molar-refractivity contribution is 7.87. The number of hydrogen-bond acceptors (Lipinski definition) is 6. The topological polar surface area (TPSA) is 108 Å². The maximum Gasteiger partial charge on any atom is 0.422 e. The Morgan fingerprint density at radius 1 is 1.38 bits per heavy atom. The molecule has 3 aromatic heterocycles. The molecular formula is C18H22ClN5O4S. The van der Waals surface area contributed by atoms with Gasteiger partial charge in [-0.05, 0) is 31.9 Å². The van der Waals surface area contributed by atoms with Crippen LogP contribution in [0.5, 0.6) is 0 Å². The van der Waals surface area contributed by atoms with Crippen LogP contribution in [-0.2, 0) is 27.8 Å². The van der Waals surface area contributed by atoms with Gasteiger partial charge in [-0.2, -0.15) is 13.5 Å². The fourth-order valence-electron chi connectivity index (χ4n) is 3.09. The summed E-state index contributed by atoms with van der Waals surface area (Å²) in [6.07, 6.45) is 3.23. The Morgan fingerprint density at radius 3 is 2.86 bits per heavy atom. The third-order valence-corrected chi connectivity index (χ3v) is 5.67. The van der Waals surface area contributed by atoms with Crippen molar-refractivity contribution < 1.29 is 17.4 Å². The molecule has 3 aromatic rings. The molecule has 0 aliphatic heterocycles. The Kier molecular flexibility index (Phi) is 6.13. The summed E-state index contributed by atoms with van der Waals surface area (Å²) in [7, 11) is -2.27. The molecule has 0 bridgehead atoms. The van der Waals surface area contributed by atoms with Crippen molar-refractivity contribution in [1.82, 2.24) is 24.6 Å². The van der Waals surface area contributed by atoms with Gasteiger partial charge in [0.1, 0.15) is 11.5 Å². The number of nitrogens with one attached hydrogen (secondary N) is 1. The van der Waals surface area contributed by atoms with E-state index in [4.69, 9.17) is 11.6 Å². The Balaban J connectivity index is 1.87. The zero-order chi connectivity index (χ0) is 21.2. The number of rotatable bonds is 7. The van der Waals surface area contributed by atoms with Crippen LogP contribution in [0.4, 0.5) is 4.79 Å². The predicted molar refractivity (Wildman–Crippen MR) is 110 cm³/mol. The van der Waals surface area contributed by atoms with Crippen molar-refractivity contribution in [2.24, 2.45) is 7.05 Å². The summed E-state index contributed by atoms with van der Waals surface area (Å²) in [5.41, 5.74) is 2.09. The van der Waals surface area contributed by atoms with Crippen LogP contribution in [0.2, 0.25) is 5.02 Å². The molecule has 156 valence electrons. The molecule has 0 fully saturated rings. The lowest BCUT2D eigenvalue weighted by Gasteiger charge is -2.10. The summed E-state index contributed by atoms with van der Waals surface area (Å²) in [5.74, 6) is 0.336. The number of pyridine rings is 1. The van der Waals surface area contributed by atoms with Crippen LogP contribution in [0, 0.1) is 6.92 Å². The molecule has 3 rings (SSSR count). The second kappa shape index (κ2) is 8.42. The predicted octanol–water partition coefficient (Wildman–Crippen LogP) is 2.73. The molecule has 0 atom stereocenters. The van der Waals surface area contributed by atoms with Gasteiger partial charge in [-0.15, -0.1) is 0 Å². The number of aromatic nitrogens is 4. The summed E-state index contributed by atoms with van der Waals surface area (Å²) in [4.78, 5) is 16.0. The van der Waals surface area contributed by atoms with Gasteiger partial charge in [0.15, 0.2) is 0 Å². The first-order valence-corrected chi connectivity index (χ1v) is 11.0. The van der Waals surface area contributed by atoms with Crippen LogP contribution in [0.1, 0.15) is 24.6 Å². The molecule has 9 nitrogen and oxygen atoms in total. The van der Waals surface area contributed by atoms with Gasteiger partial charge in [0.25, 0.3) is 0 Å². The van der Waals surface area contributed by atoms with E-state index in [9.17, 15) is 13.2 Å². The lowest BCUT2D eigenvalue weighted by molar-refractivity contribution is 0.202. The average molecular weight is 440 g/mol. The van der Waals surface area contributed by atoms with Crippen LogP contribution in [0.3, 0.4) is 0 Å². The molecule has 0 aliphatic carbocycles. The average Bonchev–Trinajstić information content (AvgIpc) is 3.16. The van der Waals surface area contributed by atoms with E-state index in [-0.39, 0.29) is 12.2 Å². The summed E-state index contributed by atoms with van der Waals surface area (Å²) < 4.78 is 32.5. The van der Waals surface area contributed by atoms with Gasteiger partial charge in [-0.25, -0.2) is 9.78 Å². The molecule has 1 amide bonds. The number of fused-ring (bicyclic) bond motifs is 1. The fraction of sp³-hybridized carbons (Fsp3) is 0.389. The molecule has 0 saturated heterocycles. The van der Waals surface area contributed by atoms with Gasteiger partial charge in [-0.3, -0.25) is 9.25 Å². The lowest BCUT2D eigenvalue weighted by atomic mass is 10.2. The number of aryl methyl sites for hydroxylation is 2. The first kappa shape index (κ1) is 21.1. The smallest absolute Gasteiger partial charge is 0.328 e. The number of nitrogens with zero attached hydrogens (tertiary/aromatic N) is 4. The van der Waals surface area contributed by atoms with Crippen molar-refractivity contribution in [3.8, 4) is 5.82 Å². The second-order valence-corrected chi connectivity index (χ2v) is 8.70. The number of hydrogen-bond donors (Lipinski definition) is 1. The van der Waals surface area contributed by atoms with Gasteiger partial charge >= 0.3 is 16.2 Å². The molecule has 11 heteroatoms. The highest BCUT2D eigenvalue weighted by Crippen LogP contribution is 2.25. The van der Waals surface area contributed by atoms with Crippen molar-refractivity contribution in [3.05, 3.63) is 40.8 Å². The molecule has 0 radical (unpaired) electrons. The Bertz CT molecular complexity index is 1150. The standard InChI is InChI=1S/C18H22ClN5O4S/c1-4-7-20-18(25)28-29(26,27)9-6-15-12(2)22-23(3)17(15)24-8-5-13-10-14(19)11-21-16(13)24/h5,8,10-11H,4,6-7,9H2,1-3H3,(H,20,25). The lowest BCUT2D eigenvalue weighted by Crippen LogP contribution is -2.28. The maximum atomic E-state index is 12.2. The highest BCUT2D eigenvalue weighted by Gasteiger charge is 2.22. The fourth-order valence-corrected chi connectivity index (χ4v) is 4.09. The van der Waals surface area contributed by atoms with Crippen molar-refractivity contribution in [1.29, 1.82) is 0 Å². The first-order valence-electron chi connectivity index (χ1n) is 9.07. The van der Waals surface area contributed by atoms with Gasteiger partial charge in [0.05, 0.1) is 16.5 Å². The highest BCUT2D eigenvalue weighted by atomic mass is 35.5. The number of carbonyl (C=O) groups is 1. The summed E-state index contributed by atoms with van der Waals surface area (Å²) >= 11 is 6.01. The zero-order valence-electron chi connectivity index (χ0n) is 16.3. The number of halogens is 1. The molecule has 3 heterocycles. The molecular weight excluding hydrogens is 418 g/mol. The third kappa shape index (κ3) is 4.70. The number of amides is 1. The molecule has 0 unspecified atom stereocenters. The summed E-state index contributed by atoms with van der Waals surface area (Å²) in [6, 6.07) is 3.68. The Hall–Kier alpha value is -2.59. The second-order valence-electron chi connectivity index (χ2n) is 6.57. The molecule has 0 aliphatic rings. The quantitative estimate of drug-likeness (QED) is 0.567. The summed E-state index contributed by atoms with van der Waals surface area (Å²) in [6.45, 7) is 4.00. The van der Waals surface area contributed by atoms with Gasteiger partial charge in [0, 0.05) is 36.9 Å². The molecule has 0 aromatic carbocycles. The zero-order valence-corrected chi connectivity index (χ0v) is 17.9. The Morgan fingerprint density at radius 2 is 2.14 bits per heavy atom. The van der Waals surface area contributed by atoms with E-state index in [0.29, 0.717) is 35.1 Å². The minimum Gasteiger partial charge on any atom is -0.328 e. The van der Waals surface area contributed by atoms with Crippen molar-refractivity contribution in [2.45, 2.75) is 26.7 Å². The van der Waals surface area contributed by atoms with Crippen LogP contribution in [0.15, 0.2) is 24.5 Å². The van der Waals surface area contributed by atoms with Crippen LogP contribution < -0.4 is 5.32 Å². The number of carbonyl (C=O) groups excluding carboxylic acids is 1. The van der Waals surface area contributed by atoms with Crippen LogP contribution >= 0.6 is 11.6 Å². The van der Waals surface area contributed by atoms with E-state index in [1.807, 2.05) is 23.8 Å². The maximum absolute atomic E-state index is 12.2. The first-order chi connectivity index (χ1) is 13.7. The van der Waals surface area contributed by atoms with Gasteiger partial charge in [-0.1, -0.05) is 18.5 Å². The SMILES string of the molecule is CCCNC(=O)OS(=O)(=O)CCc1c(C)nn(C)c1-n1ccc2cc(Cl)cnc21. The van der Waals surface area contributed by atoms with Crippen molar-refractivity contribution in [2.75, 3.05) is 12.3 Å². The third-order valence-electron chi connectivity index (χ3n) is 4.36. The van der Waals surface area contributed by atoms with Crippen LogP contribution in [0.25, 0.3) is 16.9 Å². The normalized spacial score (nSPS) is 11.7. The van der Waals surface area contributed by atoms with Crippen molar-refractivity contribution in [3.63, 3.8) is 0 Å². The van der Waals surface area contributed by atoms with E-state index < -0.39 is 16.2 Å². The molecule has 0 saturated carbocycles. The van der Waals surface area contributed by atoms with E-state index >= 15 is 0 Å². The minimum atomic E-state index is -4.04.